The van der Waals surface area contributed by atoms with Gasteiger partial charge >= 0.3 is 12.7 Å². The van der Waals surface area contributed by atoms with Crippen LogP contribution in [0.4, 0.5) is 26.3 Å². The zero-order valence-electron chi connectivity index (χ0n) is 19.9. The first-order valence-electron chi connectivity index (χ1n) is 10.9. The highest BCUT2D eigenvalue weighted by Crippen LogP contribution is 2.43. The predicted molar refractivity (Wildman–Crippen MR) is 123 cm³/mol. The molecule has 0 aliphatic heterocycles. The fourth-order valence-corrected chi connectivity index (χ4v) is 5.06. The second kappa shape index (κ2) is 11.1. The molecule has 2 atom stereocenters. The van der Waals surface area contributed by atoms with Crippen LogP contribution in [-0.2, 0) is 22.8 Å². The quantitative estimate of drug-likeness (QED) is 0.315. The molecule has 0 bridgehead atoms. The van der Waals surface area contributed by atoms with Crippen molar-refractivity contribution in [2.45, 2.75) is 50.1 Å². The van der Waals surface area contributed by atoms with Crippen molar-refractivity contribution in [1.29, 1.82) is 0 Å². The van der Waals surface area contributed by atoms with Crippen molar-refractivity contribution in [2.24, 2.45) is 0 Å². The molecular formula is C24H24F6N2O4S. The summed E-state index contributed by atoms with van der Waals surface area (Å²) < 4.78 is 107. The predicted octanol–water partition coefficient (Wildman–Crippen LogP) is 5.97. The van der Waals surface area contributed by atoms with Gasteiger partial charge in [-0.3, -0.25) is 0 Å². The molecule has 0 aliphatic carbocycles. The van der Waals surface area contributed by atoms with Gasteiger partial charge in [0.1, 0.15) is 17.3 Å². The van der Waals surface area contributed by atoms with Gasteiger partial charge in [0.05, 0.1) is 16.7 Å². The van der Waals surface area contributed by atoms with Crippen molar-refractivity contribution in [3.8, 4) is 11.5 Å². The summed E-state index contributed by atoms with van der Waals surface area (Å²) >= 11 is 0. The van der Waals surface area contributed by atoms with Gasteiger partial charge in [0.2, 0.25) is 0 Å². The van der Waals surface area contributed by atoms with Gasteiger partial charge in [-0.15, -0.1) is 26.3 Å². The summed E-state index contributed by atoms with van der Waals surface area (Å²) in [4.78, 5) is 0. The number of hydrogen-bond acceptors (Lipinski definition) is 5. The van der Waals surface area contributed by atoms with Gasteiger partial charge in [0, 0.05) is 23.2 Å². The molecule has 0 fully saturated rings. The van der Waals surface area contributed by atoms with Gasteiger partial charge in [-0.1, -0.05) is 29.4 Å². The van der Waals surface area contributed by atoms with Crippen LogP contribution < -0.4 is 14.2 Å². The maximum absolute atomic E-state index is 13.0. The summed E-state index contributed by atoms with van der Waals surface area (Å²) in [6, 6.07) is 11.9. The van der Waals surface area contributed by atoms with E-state index in [1.165, 1.54) is 31.3 Å². The Morgan fingerprint density at radius 1 is 0.946 bits per heavy atom. The molecule has 13 heteroatoms. The smallest absolute Gasteiger partial charge is 0.406 e. The second-order valence-corrected chi connectivity index (χ2v) is 10.2. The molecule has 202 valence electrons. The van der Waals surface area contributed by atoms with Crippen molar-refractivity contribution in [3.05, 3.63) is 77.2 Å². The molecule has 6 nitrogen and oxygen atoms in total. The SMILES string of the molecule is CNS(=O)C(C)CC(Cc1cc(C)no1)(c1cccc(OC(F)(F)F)c1)c1cccc(OC(F)(F)F)c1. The third kappa shape index (κ3) is 7.71. The summed E-state index contributed by atoms with van der Waals surface area (Å²) in [6.45, 7) is 3.32. The van der Waals surface area contributed by atoms with Crippen LogP contribution in [-0.4, -0.2) is 34.4 Å². The second-order valence-electron chi connectivity index (χ2n) is 8.36. The number of aromatic nitrogens is 1. The van der Waals surface area contributed by atoms with Gasteiger partial charge in [-0.25, -0.2) is 8.93 Å². The summed E-state index contributed by atoms with van der Waals surface area (Å²) in [7, 11) is -0.104. The van der Waals surface area contributed by atoms with E-state index < -0.39 is 45.9 Å². The molecule has 37 heavy (non-hydrogen) atoms. The van der Waals surface area contributed by atoms with Crippen molar-refractivity contribution < 1.29 is 44.5 Å². The van der Waals surface area contributed by atoms with E-state index in [0.29, 0.717) is 11.5 Å². The highest BCUT2D eigenvalue weighted by molar-refractivity contribution is 7.83. The van der Waals surface area contributed by atoms with E-state index in [-0.39, 0.29) is 24.0 Å². The van der Waals surface area contributed by atoms with Gasteiger partial charge < -0.3 is 14.0 Å². The Labute approximate surface area is 211 Å². The average molecular weight is 551 g/mol. The van der Waals surface area contributed by atoms with Crippen molar-refractivity contribution in [1.82, 2.24) is 9.88 Å². The van der Waals surface area contributed by atoms with E-state index >= 15 is 0 Å². The lowest BCUT2D eigenvalue weighted by molar-refractivity contribution is -0.275. The average Bonchev–Trinajstić information content (AvgIpc) is 3.20. The fraction of sp³-hybridized carbons (Fsp3) is 0.375. The Kier molecular flexibility index (Phi) is 8.58. The largest absolute Gasteiger partial charge is 0.573 e. The molecule has 0 amide bonds. The van der Waals surface area contributed by atoms with Crippen LogP contribution in [0.5, 0.6) is 11.5 Å². The molecule has 2 unspecified atom stereocenters. The number of hydrogen-bond donors (Lipinski definition) is 1. The Morgan fingerprint density at radius 3 is 1.86 bits per heavy atom. The molecule has 0 radical (unpaired) electrons. The maximum Gasteiger partial charge on any atom is 0.573 e. The first-order valence-corrected chi connectivity index (χ1v) is 12.1. The monoisotopic (exact) mass is 550 g/mol. The van der Waals surface area contributed by atoms with Crippen molar-refractivity contribution in [3.63, 3.8) is 0 Å². The number of alkyl halides is 6. The van der Waals surface area contributed by atoms with Crippen LogP contribution in [0.2, 0.25) is 0 Å². The third-order valence-electron chi connectivity index (χ3n) is 5.60. The number of nitrogens with zero attached hydrogens (tertiary/aromatic N) is 1. The number of benzene rings is 2. The van der Waals surface area contributed by atoms with E-state index in [0.717, 1.165) is 24.3 Å². The highest BCUT2D eigenvalue weighted by atomic mass is 32.2. The summed E-state index contributed by atoms with van der Waals surface area (Å²) in [6.07, 6.45) is -9.93. The first-order chi connectivity index (χ1) is 17.2. The minimum Gasteiger partial charge on any atom is -0.406 e. The summed E-state index contributed by atoms with van der Waals surface area (Å²) in [5, 5.41) is 3.25. The van der Waals surface area contributed by atoms with Crippen LogP contribution in [0.3, 0.4) is 0 Å². The molecule has 3 rings (SSSR count). The molecule has 0 aliphatic rings. The molecule has 1 N–H and O–H groups in total. The van der Waals surface area contributed by atoms with Gasteiger partial charge in [0.15, 0.2) is 0 Å². The van der Waals surface area contributed by atoms with E-state index in [1.54, 1.807) is 19.9 Å². The third-order valence-corrected chi connectivity index (χ3v) is 6.90. The lowest BCUT2D eigenvalue weighted by Gasteiger charge is -2.37. The molecule has 1 aromatic heterocycles. The van der Waals surface area contributed by atoms with E-state index in [9.17, 15) is 30.6 Å². The van der Waals surface area contributed by atoms with Crippen LogP contribution in [0.25, 0.3) is 0 Å². The van der Waals surface area contributed by atoms with E-state index in [4.69, 9.17) is 4.52 Å². The number of aryl methyl sites for hydroxylation is 1. The number of ether oxygens (including phenoxy) is 2. The standard InChI is InChI=1S/C24H24F6N2O4S/c1-15-10-21(36-32-15)14-22(13-16(2)37(33)31-3,17-6-4-8-19(11-17)34-23(25,26)27)18-7-5-9-20(12-18)35-24(28,29)30/h4-12,16,31H,13-14H2,1-3H3. The molecule has 1 heterocycles. The number of halogens is 6. The zero-order chi connectivity index (χ0) is 27.4. The summed E-state index contributed by atoms with van der Waals surface area (Å²) in [5.74, 6) is -0.717. The molecule has 3 aromatic rings. The van der Waals surface area contributed by atoms with Crippen LogP contribution in [0, 0.1) is 6.92 Å². The number of nitrogens with one attached hydrogen (secondary N) is 1. The van der Waals surface area contributed by atoms with Gasteiger partial charge in [-0.05, 0) is 62.7 Å². The topological polar surface area (TPSA) is 73.6 Å². The molecule has 2 aromatic carbocycles. The molecule has 0 saturated heterocycles. The van der Waals surface area contributed by atoms with Crippen molar-refractivity contribution >= 4 is 11.0 Å². The Morgan fingerprint density at radius 2 is 1.46 bits per heavy atom. The number of rotatable bonds is 10. The minimum atomic E-state index is -4.97. The molecule has 0 saturated carbocycles. The zero-order valence-corrected chi connectivity index (χ0v) is 20.8. The first kappa shape index (κ1) is 28.5. The van der Waals surface area contributed by atoms with Crippen LogP contribution in [0.1, 0.15) is 35.9 Å². The highest BCUT2D eigenvalue weighted by Gasteiger charge is 2.40. The molecule has 0 spiro atoms. The van der Waals surface area contributed by atoms with E-state index in [2.05, 4.69) is 19.4 Å². The van der Waals surface area contributed by atoms with Crippen LogP contribution in [0.15, 0.2) is 59.1 Å². The van der Waals surface area contributed by atoms with Crippen molar-refractivity contribution in [2.75, 3.05) is 7.05 Å². The summed E-state index contributed by atoms with van der Waals surface area (Å²) in [5.41, 5.74) is -0.257. The molecular weight excluding hydrogens is 526 g/mol. The lowest BCUT2D eigenvalue weighted by Crippen LogP contribution is -2.37. The Hall–Kier alpha value is -3.06. The van der Waals surface area contributed by atoms with Gasteiger partial charge in [-0.2, -0.15) is 0 Å². The Bertz CT molecular complexity index is 1170. The Balaban J connectivity index is 2.26. The maximum atomic E-state index is 13.0. The lowest BCUT2D eigenvalue weighted by atomic mass is 9.68. The minimum absolute atomic E-state index is 0.0238. The van der Waals surface area contributed by atoms with E-state index in [1.807, 2.05) is 0 Å². The van der Waals surface area contributed by atoms with Gasteiger partial charge in [0.25, 0.3) is 0 Å². The van der Waals surface area contributed by atoms with Crippen LogP contribution >= 0.6 is 0 Å². The fourth-order valence-electron chi connectivity index (χ4n) is 4.23. The normalized spacial score (nSPS) is 14.3.